The molecule has 360 valence electrons. The summed E-state index contributed by atoms with van der Waals surface area (Å²) in [7, 11) is 0. The first-order valence-corrected chi connectivity index (χ1v) is 25.6. The van der Waals surface area contributed by atoms with Gasteiger partial charge in [-0.25, -0.2) is 0 Å². The smallest absolute Gasteiger partial charge is 0.306 e. The molecule has 0 aromatic rings. The summed E-state index contributed by atoms with van der Waals surface area (Å²) in [5.74, 6) is -1.05. The molecule has 0 amide bonds. The van der Waals surface area contributed by atoms with Gasteiger partial charge >= 0.3 is 17.9 Å². The zero-order chi connectivity index (χ0) is 46.5. The van der Waals surface area contributed by atoms with Gasteiger partial charge in [0.25, 0.3) is 0 Å². The van der Waals surface area contributed by atoms with E-state index < -0.39 is 12.1 Å². The van der Waals surface area contributed by atoms with E-state index in [1.54, 1.807) is 0 Å². The van der Waals surface area contributed by atoms with Crippen molar-refractivity contribution in [2.24, 2.45) is 0 Å². The Balaban J connectivity index is 4.56. The van der Waals surface area contributed by atoms with E-state index in [1.165, 1.54) is 32.1 Å². The number of hydrogen-bond donors (Lipinski definition) is 0. The van der Waals surface area contributed by atoms with Crippen LogP contribution in [0.25, 0.3) is 0 Å². The first kappa shape index (κ1) is 59.8. The van der Waals surface area contributed by atoms with Crippen LogP contribution in [0.2, 0.25) is 0 Å². The van der Waals surface area contributed by atoms with E-state index >= 15 is 0 Å². The van der Waals surface area contributed by atoms with E-state index in [0.717, 1.165) is 128 Å². The van der Waals surface area contributed by atoms with Crippen molar-refractivity contribution in [1.82, 2.24) is 0 Å². The molecule has 0 aromatic heterocycles. The topological polar surface area (TPSA) is 78.9 Å². The molecule has 0 aromatic carbocycles. The van der Waals surface area contributed by atoms with Crippen molar-refractivity contribution in [3.05, 3.63) is 122 Å². The summed E-state index contributed by atoms with van der Waals surface area (Å²) in [6.07, 6.45) is 70.5. The summed E-state index contributed by atoms with van der Waals surface area (Å²) in [6, 6.07) is 0. The Morgan fingerprint density at radius 1 is 0.344 bits per heavy atom. The molecule has 0 N–H and O–H groups in total. The lowest BCUT2D eigenvalue weighted by Crippen LogP contribution is -2.30. The molecule has 0 radical (unpaired) electrons. The largest absolute Gasteiger partial charge is 0.462 e. The fraction of sp³-hybridized carbons (Fsp3) is 0.603. The van der Waals surface area contributed by atoms with E-state index in [2.05, 4.69) is 130 Å². The molecule has 0 aliphatic heterocycles. The average Bonchev–Trinajstić information content (AvgIpc) is 3.29. The number of esters is 3. The number of ether oxygens (including phenoxy) is 3. The fourth-order valence-corrected chi connectivity index (χ4v) is 6.47. The summed E-state index contributed by atoms with van der Waals surface area (Å²) >= 11 is 0. The molecule has 1 atom stereocenters. The van der Waals surface area contributed by atoms with Crippen LogP contribution in [0.5, 0.6) is 0 Å². The second-order valence-corrected chi connectivity index (χ2v) is 16.4. The molecule has 6 nitrogen and oxygen atoms in total. The fourth-order valence-electron chi connectivity index (χ4n) is 6.47. The summed E-state index contributed by atoms with van der Waals surface area (Å²) in [5, 5.41) is 0. The Labute approximate surface area is 392 Å². The highest BCUT2D eigenvalue weighted by Gasteiger charge is 2.19. The highest BCUT2D eigenvalue weighted by molar-refractivity contribution is 5.71. The SMILES string of the molecule is CC/C=C\C/C=C\C/C=C\C/C=C\C/C=C\CCC(=O)OC(COC(=O)CCCCCCC\C=C/C=C\C=C/CCCCCCC)COC(=O)CCCCCCC/C=C\C/C=C\CC. The number of allylic oxidation sites excluding steroid dienone is 20. The maximum Gasteiger partial charge on any atom is 0.306 e. The molecule has 0 saturated carbocycles. The van der Waals surface area contributed by atoms with Crippen molar-refractivity contribution >= 4 is 17.9 Å². The Morgan fingerprint density at radius 2 is 0.703 bits per heavy atom. The number of carbonyl (C=O) groups is 3. The molecule has 0 heterocycles. The van der Waals surface area contributed by atoms with Gasteiger partial charge in [0.2, 0.25) is 0 Å². The first-order valence-electron chi connectivity index (χ1n) is 25.6. The van der Waals surface area contributed by atoms with Crippen molar-refractivity contribution < 1.29 is 28.6 Å². The lowest BCUT2D eigenvalue weighted by molar-refractivity contribution is -0.166. The van der Waals surface area contributed by atoms with Gasteiger partial charge in [-0.1, -0.05) is 206 Å². The van der Waals surface area contributed by atoms with Gasteiger partial charge in [0.1, 0.15) is 13.2 Å². The Morgan fingerprint density at radius 3 is 1.14 bits per heavy atom. The van der Waals surface area contributed by atoms with E-state index in [0.29, 0.717) is 19.3 Å². The van der Waals surface area contributed by atoms with E-state index in [1.807, 2.05) is 12.2 Å². The number of unbranched alkanes of at least 4 members (excludes halogenated alkanes) is 15. The zero-order valence-corrected chi connectivity index (χ0v) is 41.0. The van der Waals surface area contributed by atoms with Crippen molar-refractivity contribution in [2.45, 2.75) is 213 Å². The maximum atomic E-state index is 12.8. The second-order valence-electron chi connectivity index (χ2n) is 16.4. The monoisotopic (exact) mass is 885 g/mol. The molecule has 6 heteroatoms. The number of rotatable bonds is 44. The molecule has 1 unspecified atom stereocenters. The third-order valence-corrected chi connectivity index (χ3v) is 10.3. The summed E-state index contributed by atoms with van der Waals surface area (Å²) < 4.78 is 16.7. The third kappa shape index (κ3) is 48.8. The molecule has 0 spiro atoms. The molecular formula is C58H92O6. The molecule has 0 aliphatic carbocycles. The Kier molecular flexibility index (Phi) is 48.1. The summed E-state index contributed by atoms with van der Waals surface area (Å²) in [5.41, 5.74) is 0. The van der Waals surface area contributed by atoms with Crippen LogP contribution < -0.4 is 0 Å². The molecular weight excluding hydrogens is 793 g/mol. The van der Waals surface area contributed by atoms with Crippen LogP contribution in [0.3, 0.4) is 0 Å². The van der Waals surface area contributed by atoms with Gasteiger partial charge in [-0.2, -0.15) is 0 Å². The predicted molar refractivity (Wildman–Crippen MR) is 274 cm³/mol. The second kappa shape index (κ2) is 51.4. The first-order chi connectivity index (χ1) is 31.5. The highest BCUT2D eigenvalue weighted by atomic mass is 16.6. The normalized spacial score (nSPS) is 13.1. The van der Waals surface area contributed by atoms with Crippen LogP contribution in [0.4, 0.5) is 0 Å². The number of carbonyl (C=O) groups excluding carboxylic acids is 3. The lowest BCUT2D eigenvalue weighted by Gasteiger charge is -2.18. The van der Waals surface area contributed by atoms with Gasteiger partial charge in [-0.05, 0) is 103 Å². The zero-order valence-electron chi connectivity index (χ0n) is 41.0. The molecule has 0 rings (SSSR count). The van der Waals surface area contributed by atoms with Gasteiger partial charge in [0.15, 0.2) is 6.10 Å². The molecule has 64 heavy (non-hydrogen) atoms. The molecule has 0 bridgehead atoms. The standard InChI is InChI=1S/C58H92O6/c1-4-7-10-13-16-19-22-25-27-29-30-32-33-36-39-42-45-48-51-57(60)63-54-55(53-62-56(59)50-47-44-41-38-35-24-21-18-15-12-9-6-3)64-58(61)52-49-46-43-40-37-34-31-28-26-23-20-17-14-11-8-5-2/h8-9,11-12,17-18,20-22,25-30,32,34,37,43,46,55H,4-7,10,13-16,19,23-24,31,33,35-36,38-42,44-45,47-54H2,1-3H3/b11-8-,12-9-,20-17-,21-18-,25-22-,28-26-,29-27-,32-30-,37-34-,46-43-. The summed E-state index contributed by atoms with van der Waals surface area (Å²) in [4.78, 5) is 37.9. The quantitative estimate of drug-likeness (QED) is 0.0199. The van der Waals surface area contributed by atoms with Crippen LogP contribution in [0.1, 0.15) is 207 Å². The molecule has 0 aliphatic rings. The Bertz CT molecular complexity index is 1390. The van der Waals surface area contributed by atoms with E-state index in [9.17, 15) is 14.4 Å². The van der Waals surface area contributed by atoms with Gasteiger partial charge in [-0.15, -0.1) is 0 Å². The van der Waals surface area contributed by atoms with Crippen LogP contribution in [-0.2, 0) is 28.6 Å². The van der Waals surface area contributed by atoms with Gasteiger partial charge in [0.05, 0.1) is 0 Å². The predicted octanol–water partition coefficient (Wildman–Crippen LogP) is 16.9. The molecule has 0 saturated heterocycles. The maximum absolute atomic E-state index is 12.8. The average molecular weight is 885 g/mol. The summed E-state index contributed by atoms with van der Waals surface area (Å²) in [6.45, 7) is 6.28. The molecule has 0 fully saturated rings. The highest BCUT2D eigenvalue weighted by Crippen LogP contribution is 2.12. The van der Waals surface area contributed by atoms with Crippen molar-refractivity contribution in [3.63, 3.8) is 0 Å². The van der Waals surface area contributed by atoms with Gasteiger partial charge < -0.3 is 14.2 Å². The van der Waals surface area contributed by atoms with Crippen molar-refractivity contribution in [1.29, 1.82) is 0 Å². The number of hydrogen-bond acceptors (Lipinski definition) is 6. The van der Waals surface area contributed by atoms with Crippen LogP contribution >= 0.6 is 0 Å². The van der Waals surface area contributed by atoms with E-state index in [-0.39, 0.29) is 31.6 Å². The van der Waals surface area contributed by atoms with Crippen molar-refractivity contribution in [2.75, 3.05) is 13.2 Å². The minimum atomic E-state index is -0.835. The van der Waals surface area contributed by atoms with Crippen LogP contribution in [0, 0.1) is 0 Å². The van der Waals surface area contributed by atoms with Gasteiger partial charge in [-0.3, -0.25) is 14.4 Å². The minimum absolute atomic E-state index is 0.126. The van der Waals surface area contributed by atoms with Gasteiger partial charge in [0, 0.05) is 19.3 Å². The lowest BCUT2D eigenvalue weighted by atomic mass is 10.1. The van der Waals surface area contributed by atoms with Crippen molar-refractivity contribution in [3.8, 4) is 0 Å². The van der Waals surface area contributed by atoms with Crippen LogP contribution in [0.15, 0.2) is 122 Å². The Hall–Kier alpha value is -4.19. The van der Waals surface area contributed by atoms with E-state index in [4.69, 9.17) is 14.2 Å². The van der Waals surface area contributed by atoms with Crippen LogP contribution in [-0.4, -0.2) is 37.2 Å². The third-order valence-electron chi connectivity index (χ3n) is 10.3. The minimum Gasteiger partial charge on any atom is -0.462 e.